The number of aliphatic hydroxyl groups excluding tert-OH is 1. The van der Waals surface area contributed by atoms with Crippen LogP contribution in [0.1, 0.15) is 17.4 Å². The molecule has 0 aliphatic carbocycles. The van der Waals surface area contributed by atoms with Crippen LogP contribution in [0.15, 0.2) is 79.0 Å². The van der Waals surface area contributed by atoms with Gasteiger partial charge in [-0.1, -0.05) is 60.7 Å². The second-order valence-corrected chi connectivity index (χ2v) is 5.84. The molecule has 4 nitrogen and oxygen atoms in total. The van der Waals surface area contributed by atoms with E-state index in [1.165, 1.54) is 0 Å². The minimum Gasteiger partial charge on any atom is -0.482 e. The van der Waals surface area contributed by atoms with Crippen LogP contribution in [0.4, 0.5) is 0 Å². The third kappa shape index (κ3) is 2.77. The number of pyridine rings is 1. The second kappa shape index (κ2) is 6.42. The zero-order chi connectivity index (χ0) is 17.2. The average Bonchev–Trinajstić information content (AvgIpc) is 3.12. The highest BCUT2D eigenvalue weighted by atomic mass is 16.5. The zero-order valence-corrected chi connectivity index (χ0v) is 13.8. The Bertz CT molecular complexity index is 995. The Hall–Kier alpha value is -3.11. The maximum atomic E-state index is 10.8. The summed E-state index contributed by atoms with van der Waals surface area (Å²) in [7, 11) is 1.63. The van der Waals surface area contributed by atoms with Crippen LogP contribution in [-0.2, 0) is 0 Å². The molecule has 0 saturated heterocycles. The quantitative estimate of drug-likeness (QED) is 0.613. The van der Waals surface area contributed by atoms with Crippen LogP contribution < -0.4 is 4.74 Å². The van der Waals surface area contributed by atoms with Crippen LogP contribution in [0.25, 0.3) is 16.8 Å². The van der Waals surface area contributed by atoms with Crippen molar-refractivity contribution in [2.24, 2.45) is 0 Å². The lowest BCUT2D eigenvalue weighted by Gasteiger charge is -2.14. The number of nitrogens with zero attached hydrogens (tertiary/aromatic N) is 2. The van der Waals surface area contributed by atoms with Gasteiger partial charge >= 0.3 is 0 Å². The van der Waals surface area contributed by atoms with E-state index >= 15 is 0 Å². The van der Waals surface area contributed by atoms with Gasteiger partial charge in [0.15, 0.2) is 5.88 Å². The predicted octanol–water partition coefficient (Wildman–Crippen LogP) is 4.09. The van der Waals surface area contributed by atoms with Crippen LogP contribution >= 0.6 is 0 Å². The van der Waals surface area contributed by atoms with Crippen LogP contribution in [0.5, 0.6) is 5.88 Å². The van der Waals surface area contributed by atoms with Gasteiger partial charge in [-0.3, -0.25) is 4.40 Å². The van der Waals surface area contributed by atoms with Gasteiger partial charge in [0.05, 0.1) is 19.0 Å². The number of fused-ring (bicyclic) bond motifs is 1. The summed E-state index contributed by atoms with van der Waals surface area (Å²) in [6.45, 7) is 0. The first-order valence-electron chi connectivity index (χ1n) is 8.12. The second-order valence-electron chi connectivity index (χ2n) is 5.84. The van der Waals surface area contributed by atoms with E-state index in [9.17, 15) is 5.11 Å². The fraction of sp³-hybridized carbons (Fsp3) is 0.0952. The number of imidazole rings is 1. The predicted molar refractivity (Wildman–Crippen MR) is 97.7 cm³/mol. The van der Waals surface area contributed by atoms with E-state index < -0.39 is 6.10 Å². The summed E-state index contributed by atoms with van der Waals surface area (Å²) in [6.07, 6.45) is 0.928. The van der Waals surface area contributed by atoms with Gasteiger partial charge in [0.1, 0.15) is 11.8 Å². The van der Waals surface area contributed by atoms with E-state index in [1.807, 2.05) is 77.2 Å². The monoisotopic (exact) mass is 330 g/mol. The minimum atomic E-state index is -0.771. The molecule has 0 radical (unpaired) electrons. The molecule has 0 unspecified atom stereocenters. The molecule has 0 bridgehead atoms. The standard InChI is InChI=1S/C21H18N2O2/c1-25-20-13-17(15-8-4-2-5-9-15)12-19-22-14-18(23(19)20)21(24)16-10-6-3-7-11-16/h2-14,21,24H,1H3/t21-/m1/s1. The molecule has 1 N–H and O–H groups in total. The largest absolute Gasteiger partial charge is 0.482 e. The number of hydrogen-bond donors (Lipinski definition) is 1. The minimum absolute atomic E-state index is 0.638. The van der Waals surface area contributed by atoms with E-state index in [0.717, 1.165) is 22.3 Å². The van der Waals surface area contributed by atoms with Gasteiger partial charge in [0, 0.05) is 6.07 Å². The fourth-order valence-electron chi connectivity index (χ4n) is 3.05. The summed E-state index contributed by atoms with van der Waals surface area (Å²) in [5.74, 6) is 0.638. The van der Waals surface area contributed by atoms with Crippen molar-refractivity contribution in [3.05, 3.63) is 90.3 Å². The number of benzene rings is 2. The van der Waals surface area contributed by atoms with Crippen molar-refractivity contribution < 1.29 is 9.84 Å². The summed E-state index contributed by atoms with van der Waals surface area (Å²) in [6, 6.07) is 23.6. The van der Waals surface area contributed by atoms with Crippen LogP contribution in [0.3, 0.4) is 0 Å². The molecule has 25 heavy (non-hydrogen) atoms. The molecule has 0 aliphatic rings. The third-order valence-electron chi connectivity index (χ3n) is 4.31. The SMILES string of the molecule is COc1cc(-c2ccccc2)cc2ncc([C@H](O)c3ccccc3)n12. The van der Waals surface area contributed by atoms with Gasteiger partial charge < -0.3 is 9.84 Å². The van der Waals surface area contributed by atoms with Crippen molar-refractivity contribution >= 4 is 5.65 Å². The maximum absolute atomic E-state index is 10.8. The fourth-order valence-corrected chi connectivity index (χ4v) is 3.05. The van der Waals surface area contributed by atoms with Crippen molar-refractivity contribution in [1.82, 2.24) is 9.38 Å². The van der Waals surface area contributed by atoms with E-state index in [4.69, 9.17) is 4.74 Å². The number of ether oxygens (including phenoxy) is 1. The number of aliphatic hydroxyl groups is 1. The van der Waals surface area contributed by atoms with Gasteiger partial charge in [0.25, 0.3) is 0 Å². The summed E-state index contributed by atoms with van der Waals surface area (Å²) >= 11 is 0. The van der Waals surface area contributed by atoms with E-state index in [0.29, 0.717) is 11.6 Å². The van der Waals surface area contributed by atoms with E-state index in [-0.39, 0.29) is 0 Å². The summed E-state index contributed by atoms with van der Waals surface area (Å²) in [4.78, 5) is 4.48. The molecule has 4 rings (SSSR count). The zero-order valence-electron chi connectivity index (χ0n) is 13.8. The Kier molecular flexibility index (Phi) is 3.96. The van der Waals surface area contributed by atoms with Crippen molar-refractivity contribution in [2.75, 3.05) is 7.11 Å². The first-order chi connectivity index (χ1) is 12.3. The highest BCUT2D eigenvalue weighted by Crippen LogP contribution is 2.30. The van der Waals surface area contributed by atoms with Gasteiger partial charge in [-0.25, -0.2) is 4.98 Å². The molecular weight excluding hydrogens is 312 g/mol. The van der Waals surface area contributed by atoms with E-state index in [1.54, 1.807) is 13.3 Å². The molecule has 2 heterocycles. The lowest BCUT2D eigenvalue weighted by Crippen LogP contribution is -2.05. The van der Waals surface area contributed by atoms with Crippen LogP contribution in [0.2, 0.25) is 0 Å². The Labute approximate surface area is 146 Å². The van der Waals surface area contributed by atoms with Gasteiger partial charge in [0.2, 0.25) is 0 Å². The van der Waals surface area contributed by atoms with Gasteiger partial charge in [-0.2, -0.15) is 0 Å². The molecule has 2 aromatic carbocycles. The van der Waals surface area contributed by atoms with Crippen molar-refractivity contribution in [2.45, 2.75) is 6.10 Å². The molecule has 4 aromatic rings. The van der Waals surface area contributed by atoms with Gasteiger partial charge in [-0.15, -0.1) is 0 Å². The number of rotatable bonds is 4. The Balaban J connectivity index is 1.86. The highest BCUT2D eigenvalue weighted by Gasteiger charge is 2.18. The van der Waals surface area contributed by atoms with E-state index in [2.05, 4.69) is 4.98 Å². The molecule has 0 saturated carbocycles. The Morgan fingerprint density at radius 1 is 0.920 bits per heavy atom. The molecule has 0 amide bonds. The first kappa shape index (κ1) is 15.4. The molecular formula is C21H18N2O2. The highest BCUT2D eigenvalue weighted by molar-refractivity contribution is 5.69. The number of hydrogen-bond acceptors (Lipinski definition) is 3. The molecule has 2 aromatic heterocycles. The lowest BCUT2D eigenvalue weighted by atomic mass is 10.1. The van der Waals surface area contributed by atoms with Crippen molar-refractivity contribution in [1.29, 1.82) is 0 Å². The van der Waals surface area contributed by atoms with Crippen molar-refractivity contribution in [3.8, 4) is 17.0 Å². The number of methoxy groups -OCH3 is 1. The topological polar surface area (TPSA) is 46.8 Å². The maximum Gasteiger partial charge on any atom is 0.199 e. The lowest BCUT2D eigenvalue weighted by molar-refractivity contribution is 0.212. The normalized spacial score (nSPS) is 12.2. The Morgan fingerprint density at radius 2 is 1.60 bits per heavy atom. The third-order valence-corrected chi connectivity index (χ3v) is 4.31. The molecule has 1 atom stereocenters. The Morgan fingerprint density at radius 3 is 2.28 bits per heavy atom. The molecule has 0 aliphatic heterocycles. The number of aromatic nitrogens is 2. The smallest absolute Gasteiger partial charge is 0.199 e. The molecule has 124 valence electrons. The first-order valence-corrected chi connectivity index (χ1v) is 8.12. The average molecular weight is 330 g/mol. The van der Waals surface area contributed by atoms with Crippen molar-refractivity contribution in [3.63, 3.8) is 0 Å². The summed E-state index contributed by atoms with van der Waals surface area (Å²) < 4.78 is 7.44. The summed E-state index contributed by atoms with van der Waals surface area (Å²) in [5.41, 5.74) is 4.35. The summed E-state index contributed by atoms with van der Waals surface area (Å²) in [5, 5.41) is 10.8. The van der Waals surface area contributed by atoms with Crippen LogP contribution in [-0.4, -0.2) is 21.6 Å². The molecule has 0 spiro atoms. The van der Waals surface area contributed by atoms with Crippen LogP contribution in [0, 0.1) is 0 Å². The van der Waals surface area contributed by atoms with Gasteiger partial charge in [-0.05, 0) is 22.8 Å². The molecule has 4 heteroatoms. The molecule has 0 fully saturated rings.